The van der Waals surface area contributed by atoms with Crippen molar-refractivity contribution in [1.29, 1.82) is 5.41 Å². The van der Waals surface area contributed by atoms with Gasteiger partial charge in [-0.05, 0) is 75.8 Å². The summed E-state index contributed by atoms with van der Waals surface area (Å²) in [5.74, 6) is 0.0627. The summed E-state index contributed by atoms with van der Waals surface area (Å²) in [7, 11) is 2.21. The summed E-state index contributed by atoms with van der Waals surface area (Å²) < 4.78 is 0. The van der Waals surface area contributed by atoms with Crippen LogP contribution in [-0.2, 0) is 4.79 Å². The number of nitrogens with two attached hydrogens (primary N) is 1. The van der Waals surface area contributed by atoms with Gasteiger partial charge in [0.05, 0.1) is 5.92 Å². The highest BCUT2D eigenvalue weighted by atomic mass is 35.5. The molecule has 4 N–H and O–H groups in total. The van der Waals surface area contributed by atoms with Crippen LogP contribution in [0.15, 0.2) is 24.3 Å². The number of benzene rings is 1. The number of nitrogens with one attached hydrogen (secondary N) is 1. The molecular weight excluding hydrogens is 447 g/mol. The van der Waals surface area contributed by atoms with E-state index >= 15 is 0 Å². The number of anilines is 1. The Balaban J connectivity index is 0.00000280. The number of halogens is 3. The first-order valence-corrected chi connectivity index (χ1v) is 10.1. The van der Waals surface area contributed by atoms with Gasteiger partial charge in [0.25, 0.3) is 0 Å². The summed E-state index contributed by atoms with van der Waals surface area (Å²) in [5.41, 5.74) is 7.50. The fourth-order valence-electron chi connectivity index (χ4n) is 4.55. The van der Waals surface area contributed by atoms with E-state index in [1.165, 1.54) is 18.5 Å². The van der Waals surface area contributed by atoms with Crippen molar-refractivity contribution in [3.63, 3.8) is 0 Å². The predicted molar refractivity (Wildman–Crippen MR) is 130 cm³/mol. The average Bonchev–Trinajstić information content (AvgIpc) is 2.68. The highest BCUT2D eigenvalue weighted by Gasteiger charge is 2.29. The number of aliphatic carboxylic acids is 1. The molecule has 3 rings (SSSR count). The zero-order valence-electron chi connectivity index (χ0n) is 17.5. The predicted octanol–water partition coefficient (Wildman–Crippen LogP) is 4.03. The second-order valence-corrected chi connectivity index (χ2v) is 8.17. The zero-order chi connectivity index (χ0) is 19.4. The fourth-order valence-corrected chi connectivity index (χ4v) is 4.55. The Labute approximate surface area is 198 Å². The van der Waals surface area contributed by atoms with Crippen molar-refractivity contribution in [2.75, 3.05) is 31.6 Å². The molecule has 0 radical (unpaired) electrons. The van der Waals surface area contributed by atoms with Crippen LogP contribution in [0.5, 0.6) is 0 Å². The van der Waals surface area contributed by atoms with E-state index in [2.05, 4.69) is 29.0 Å². The second kappa shape index (κ2) is 13.3. The van der Waals surface area contributed by atoms with Crippen molar-refractivity contribution >= 4 is 54.7 Å². The number of hydrogen-bond acceptors (Lipinski definition) is 4. The topological polar surface area (TPSA) is 93.7 Å². The SMILES string of the molecule is CN(CC1CCN(c2ccc(C(=N)N)cc2)CC1)C1CCC(C(=O)O)CC1.Cl.Cl.Cl. The zero-order valence-corrected chi connectivity index (χ0v) is 19.9. The highest BCUT2D eigenvalue weighted by molar-refractivity contribution is 5.95. The summed E-state index contributed by atoms with van der Waals surface area (Å²) in [6.45, 7) is 3.23. The molecule has 1 saturated heterocycles. The summed E-state index contributed by atoms with van der Waals surface area (Å²) >= 11 is 0. The van der Waals surface area contributed by atoms with Crippen LogP contribution in [0.3, 0.4) is 0 Å². The van der Waals surface area contributed by atoms with E-state index in [1.807, 2.05) is 12.1 Å². The molecule has 2 fully saturated rings. The van der Waals surface area contributed by atoms with Crippen molar-refractivity contribution < 1.29 is 9.90 Å². The van der Waals surface area contributed by atoms with Crippen molar-refractivity contribution in [3.8, 4) is 0 Å². The third kappa shape index (κ3) is 7.49. The Morgan fingerprint density at radius 1 is 1.07 bits per heavy atom. The second-order valence-electron chi connectivity index (χ2n) is 8.17. The Morgan fingerprint density at radius 3 is 2.07 bits per heavy atom. The summed E-state index contributed by atoms with van der Waals surface area (Å²) in [6, 6.07) is 8.50. The van der Waals surface area contributed by atoms with Crippen molar-refractivity contribution in [2.24, 2.45) is 17.6 Å². The summed E-state index contributed by atoms with van der Waals surface area (Å²) in [6.07, 6.45) is 6.02. The van der Waals surface area contributed by atoms with E-state index in [1.54, 1.807) is 0 Å². The minimum Gasteiger partial charge on any atom is -0.481 e. The average molecular weight is 482 g/mol. The Morgan fingerprint density at radius 2 is 1.60 bits per heavy atom. The molecule has 0 amide bonds. The van der Waals surface area contributed by atoms with Crippen LogP contribution in [-0.4, -0.2) is 54.5 Å². The number of nitrogen functional groups attached to an aromatic ring is 1. The van der Waals surface area contributed by atoms with Gasteiger partial charge in [-0.1, -0.05) is 0 Å². The number of carboxylic acid groups (broad SMARTS) is 1. The maximum absolute atomic E-state index is 11.1. The lowest BCUT2D eigenvalue weighted by atomic mass is 9.85. The molecule has 0 bridgehead atoms. The Bertz CT molecular complexity index is 659. The fraction of sp³-hybridized carbons (Fsp3) is 0.619. The maximum atomic E-state index is 11.1. The monoisotopic (exact) mass is 480 g/mol. The molecule has 1 heterocycles. The van der Waals surface area contributed by atoms with Gasteiger partial charge in [-0.15, -0.1) is 37.2 Å². The third-order valence-electron chi connectivity index (χ3n) is 6.37. The quantitative estimate of drug-likeness (QED) is 0.421. The van der Waals surface area contributed by atoms with Gasteiger partial charge in [0.1, 0.15) is 5.84 Å². The first-order chi connectivity index (χ1) is 12.9. The largest absolute Gasteiger partial charge is 0.481 e. The molecule has 0 unspecified atom stereocenters. The molecule has 1 aromatic rings. The van der Waals surface area contributed by atoms with Crippen LogP contribution in [0.25, 0.3) is 0 Å². The smallest absolute Gasteiger partial charge is 0.306 e. The molecule has 1 aliphatic carbocycles. The molecular formula is C21H35Cl3N4O2. The molecule has 30 heavy (non-hydrogen) atoms. The number of nitrogens with zero attached hydrogens (tertiary/aromatic N) is 2. The molecule has 0 aromatic heterocycles. The molecule has 0 atom stereocenters. The number of piperidine rings is 1. The first kappa shape index (κ1) is 28.8. The summed E-state index contributed by atoms with van der Waals surface area (Å²) in [4.78, 5) is 16.0. The van der Waals surface area contributed by atoms with Gasteiger partial charge >= 0.3 is 5.97 Å². The number of hydrogen-bond donors (Lipinski definition) is 3. The lowest BCUT2D eigenvalue weighted by molar-refractivity contribution is -0.143. The normalized spacial score (nSPS) is 21.7. The van der Waals surface area contributed by atoms with E-state index in [4.69, 9.17) is 16.2 Å². The van der Waals surface area contributed by atoms with E-state index in [0.29, 0.717) is 12.0 Å². The molecule has 6 nitrogen and oxygen atoms in total. The van der Waals surface area contributed by atoms with Gasteiger partial charge in [0, 0.05) is 36.9 Å². The van der Waals surface area contributed by atoms with Crippen LogP contribution in [0.1, 0.15) is 44.1 Å². The first-order valence-electron chi connectivity index (χ1n) is 10.1. The van der Waals surface area contributed by atoms with Gasteiger partial charge in [0.15, 0.2) is 0 Å². The maximum Gasteiger partial charge on any atom is 0.306 e. The van der Waals surface area contributed by atoms with E-state index in [0.717, 1.165) is 50.9 Å². The minimum atomic E-state index is -0.625. The molecule has 0 spiro atoms. The number of rotatable bonds is 6. The third-order valence-corrected chi connectivity index (χ3v) is 6.37. The van der Waals surface area contributed by atoms with Gasteiger partial charge < -0.3 is 20.6 Å². The molecule has 2 aliphatic rings. The van der Waals surface area contributed by atoms with Crippen LogP contribution in [0.4, 0.5) is 5.69 Å². The van der Waals surface area contributed by atoms with Gasteiger partial charge in [-0.3, -0.25) is 10.2 Å². The standard InChI is InChI=1S/C21H32N4O2.3ClH/c1-24(18-6-4-17(5-7-18)21(26)27)14-15-10-12-25(13-11-15)19-8-2-16(3-9-19)20(22)23;;;/h2-3,8-9,15,17-18H,4-7,10-14H2,1H3,(H3,22,23)(H,26,27);3*1H. The molecule has 1 aromatic carbocycles. The highest BCUT2D eigenvalue weighted by Crippen LogP contribution is 2.29. The summed E-state index contributed by atoms with van der Waals surface area (Å²) in [5, 5.41) is 16.6. The lowest BCUT2D eigenvalue weighted by Gasteiger charge is -2.39. The molecule has 1 aliphatic heterocycles. The molecule has 9 heteroatoms. The van der Waals surface area contributed by atoms with Crippen molar-refractivity contribution in [2.45, 2.75) is 44.6 Å². The Hall–Kier alpha value is -1.21. The van der Waals surface area contributed by atoms with Crippen LogP contribution < -0.4 is 10.6 Å². The van der Waals surface area contributed by atoms with Gasteiger partial charge in [-0.25, -0.2) is 0 Å². The van der Waals surface area contributed by atoms with E-state index < -0.39 is 5.97 Å². The van der Waals surface area contributed by atoms with Gasteiger partial charge in [-0.2, -0.15) is 0 Å². The molecule has 172 valence electrons. The van der Waals surface area contributed by atoms with Crippen LogP contribution in [0, 0.1) is 17.2 Å². The minimum absolute atomic E-state index is 0. The number of carbonyl (C=O) groups is 1. The van der Waals surface area contributed by atoms with Crippen molar-refractivity contribution in [3.05, 3.63) is 29.8 Å². The lowest BCUT2D eigenvalue weighted by Crippen LogP contribution is -2.42. The van der Waals surface area contributed by atoms with E-state index in [9.17, 15) is 4.79 Å². The number of carboxylic acids is 1. The van der Waals surface area contributed by atoms with Gasteiger partial charge in [0.2, 0.25) is 0 Å². The Kier molecular flexibility index (Phi) is 12.7. The molecule has 1 saturated carbocycles. The van der Waals surface area contributed by atoms with Crippen molar-refractivity contribution in [1.82, 2.24) is 4.90 Å². The van der Waals surface area contributed by atoms with E-state index in [-0.39, 0.29) is 49.0 Å². The van der Waals surface area contributed by atoms with Crippen LogP contribution >= 0.6 is 37.2 Å². The van der Waals surface area contributed by atoms with Crippen LogP contribution in [0.2, 0.25) is 0 Å². The number of amidine groups is 1.